The molecule has 0 aromatic carbocycles. The van der Waals surface area contributed by atoms with Gasteiger partial charge in [0.2, 0.25) is 0 Å². The van der Waals surface area contributed by atoms with Crippen LogP contribution in [-0.4, -0.2) is 44.9 Å². The van der Waals surface area contributed by atoms with Gasteiger partial charge in [-0.3, -0.25) is 8.74 Å². The Bertz CT molecular complexity index is 287. The fraction of sp³-hybridized carbons (Fsp3) is 0.846. The Hall–Kier alpha value is -0.590. The molecule has 0 amide bonds. The highest BCUT2D eigenvalue weighted by atomic mass is 32.2. The predicted octanol–water partition coefficient (Wildman–Crippen LogP) is 2.55. The van der Waals surface area contributed by atoms with Crippen molar-refractivity contribution in [2.24, 2.45) is 0 Å². The molecule has 19 heavy (non-hydrogen) atoms. The number of nitrogens with zero attached hydrogens (tertiary/aromatic N) is 2. The smallest absolute Gasteiger partial charge is 0.301 e. The van der Waals surface area contributed by atoms with E-state index in [-0.39, 0.29) is 0 Å². The first-order valence-corrected chi connectivity index (χ1v) is 8.16. The van der Waals surface area contributed by atoms with Crippen LogP contribution in [0.3, 0.4) is 0 Å². The van der Waals surface area contributed by atoms with Crippen molar-refractivity contribution < 1.29 is 12.9 Å². The molecule has 0 aliphatic carbocycles. The summed E-state index contributed by atoms with van der Waals surface area (Å²) in [4.78, 5) is 4.62. The fourth-order valence-electron chi connectivity index (χ4n) is 2.10. The van der Waals surface area contributed by atoms with Crippen LogP contribution in [0.25, 0.3) is 0 Å². The lowest BCUT2D eigenvalue weighted by molar-refractivity contribution is 0.246. The maximum atomic E-state index is 10.3. The van der Waals surface area contributed by atoms with Gasteiger partial charge in [-0.25, -0.2) is 0 Å². The summed E-state index contributed by atoms with van der Waals surface area (Å²) in [7, 11) is 0. The summed E-state index contributed by atoms with van der Waals surface area (Å²) in [6, 6.07) is 0. The summed E-state index contributed by atoms with van der Waals surface area (Å²) in [5.74, 6) is 0. The van der Waals surface area contributed by atoms with Crippen molar-refractivity contribution in [3.05, 3.63) is 12.4 Å². The fourth-order valence-corrected chi connectivity index (χ4v) is 2.36. The molecule has 1 N–H and O–H groups in total. The molecule has 5 nitrogen and oxygen atoms in total. The van der Waals surface area contributed by atoms with E-state index in [1.54, 1.807) is 0 Å². The molecule has 1 aliphatic rings. The summed E-state index contributed by atoms with van der Waals surface area (Å²) in [6.45, 7) is 5.66. The molecule has 0 spiro atoms. The van der Waals surface area contributed by atoms with Crippen LogP contribution < -0.4 is 0 Å². The Morgan fingerprint density at radius 2 is 1.74 bits per heavy atom. The van der Waals surface area contributed by atoms with E-state index < -0.39 is 11.4 Å². The average Bonchev–Trinajstić information content (AvgIpc) is 2.82. The summed E-state index contributed by atoms with van der Waals surface area (Å²) in [5, 5.41) is 0. The van der Waals surface area contributed by atoms with Gasteiger partial charge in [0.1, 0.15) is 0 Å². The quantitative estimate of drug-likeness (QED) is 0.468. The largest absolute Gasteiger partial charge is 0.359 e. The highest BCUT2D eigenvalue weighted by molar-refractivity contribution is 7.74. The first kappa shape index (κ1) is 16.5. The van der Waals surface area contributed by atoms with E-state index in [0.717, 1.165) is 32.6 Å². The molecule has 6 heteroatoms. The molecule has 1 rings (SSSR count). The standard InChI is InChI=1S/C13H26N2O3S/c1-2-3-4-5-8-14-10-11-15(13-14)9-6-7-12-18-19(16)17/h10-11H,2-9,12-13H2,1H3,(H,16,17). The van der Waals surface area contributed by atoms with Gasteiger partial charge in [-0.15, -0.1) is 0 Å². The zero-order chi connectivity index (χ0) is 13.9. The van der Waals surface area contributed by atoms with Crippen LogP contribution in [0.5, 0.6) is 0 Å². The van der Waals surface area contributed by atoms with Crippen LogP contribution in [0.2, 0.25) is 0 Å². The maximum Gasteiger partial charge on any atom is 0.301 e. The van der Waals surface area contributed by atoms with E-state index in [9.17, 15) is 4.21 Å². The second-order valence-electron chi connectivity index (χ2n) is 4.87. The van der Waals surface area contributed by atoms with Crippen LogP contribution in [0.15, 0.2) is 12.4 Å². The minimum absolute atomic E-state index is 0.349. The van der Waals surface area contributed by atoms with Gasteiger partial charge in [-0.2, -0.15) is 4.21 Å². The first-order chi connectivity index (χ1) is 9.22. The summed E-state index contributed by atoms with van der Waals surface area (Å²) in [6.07, 6.45) is 11.3. The van der Waals surface area contributed by atoms with Gasteiger partial charge >= 0.3 is 11.4 Å². The van der Waals surface area contributed by atoms with Crippen molar-refractivity contribution in [3.8, 4) is 0 Å². The third kappa shape index (κ3) is 8.23. The summed E-state index contributed by atoms with van der Waals surface area (Å²) >= 11 is -2.12. The topological polar surface area (TPSA) is 53.0 Å². The molecule has 0 saturated heterocycles. The van der Waals surface area contributed by atoms with Gasteiger partial charge in [0.25, 0.3) is 0 Å². The van der Waals surface area contributed by atoms with Crippen molar-refractivity contribution in [2.75, 3.05) is 26.4 Å². The molecule has 1 aliphatic heterocycles. The molecular weight excluding hydrogens is 264 g/mol. The predicted molar refractivity (Wildman–Crippen MR) is 77.5 cm³/mol. The zero-order valence-corrected chi connectivity index (χ0v) is 12.6. The molecule has 1 atom stereocenters. The van der Waals surface area contributed by atoms with Gasteiger partial charge in [0.05, 0.1) is 13.3 Å². The number of hydrogen-bond donors (Lipinski definition) is 1. The lowest BCUT2D eigenvalue weighted by Crippen LogP contribution is -2.26. The first-order valence-electron chi connectivity index (χ1n) is 7.13. The average molecular weight is 290 g/mol. The highest BCUT2D eigenvalue weighted by Gasteiger charge is 2.10. The van der Waals surface area contributed by atoms with Gasteiger partial charge < -0.3 is 9.80 Å². The monoisotopic (exact) mass is 290 g/mol. The molecular formula is C13H26N2O3S. The SMILES string of the molecule is CCCCCCN1C=CN(CCCCOS(=O)O)C1. The molecule has 0 fully saturated rings. The van der Waals surface area contributed by atoms with Gasteiger partial charge in [-0.1, -0.05) is 26.2 Å². The minimum Gasteiger partial charge on any atom is -0.359 e. The van der Waals surface area contributed by atoms with E-state index >= 15 is 0 Å². The Balaban J connectivity index is 1.96. The van der Waals surface area contributed by atoms with E-state index in [0.29, 0.717) is 6.61 Å². The Kier molecular flexibility index (Phi) is 8.86. The normalized spacial score (nSPS) is 16.3. The lowest BCUT2D eigenvalue weighted by atomic mass is 10.2. The van der Waals surface area contributed by atoms with Crippen molar-refractivity contribution in [1.29, 1.82) is 0 Å². The molecule has 0 aromatic heterocycles. The van der Waals surface area contributed by atoms with Crippen LogP contribution in [0.1, 0.15) is 45.4 Å². The molecule has 0 saturated carbocycles. The maximum absolute atomic E-state index is 10.3. The third-order valence-electron chi connectivity index (χ3n) is 3.17. The van der Waals surface area contributed by atoms with E-state index in [1.165, 1.54) is 25.7 Å². The Morgan fingerprint density at radius 1 is 1.11 bits per heavy atom. The second-order valence-corrected chi connectivity index (χ2v) is 5.54. The second kappa shape index (κ2) is 10.2. The van der Waals surface area contributed by atoms with Crippen LogP contribution in [-0.2, 0) is 15.5 Å². The zero-order valence-electron chi connectivity index (χ0n) is 11.8. The molecule has 112 valence electrons. The molecule has 1 heterocycles. The lowest BCUT2D eigenvalue weighted by Gasteiger charge is -2.21. The van der Waals surface area contributed by atoms with E-state index in [4.69, 9.17) is 4.55 Å². The Labute approximate surface area is 119 Å². The number of unbranched alkanes of at least 4 members (excludes halogenated alkanes) is 4. The van der Waals surface area contributed by atoms with Crippen molar-refractivity contribution in [3.63, 3.8) is 0 Å². The molecule has 0 bridgehead atoms. The van der Waals surface area contributed by atoms with E-state index in [1.807, 2.05) is 0 Å². The summed E-state index contributed by atoms with van der Waals surface area (Å²) < 4.78 is 23.3. The van der Waals surface area contributed by atoms with Crippen molar-refractivity contribution in [2.45, 2.75) is 45.4 Å². The van der Waals surface area contributed by atoms with Gasteiger partial charge in [-0.05, 0) is 19.3 Å². The van der Waals surface area contributed by atoms with Gasteiger partial charge in [0, 0.05) is 25.5 Å². The molecule has 0 aromatic rings. The number of rotatable bonds is 11. The third-order valence-corrected chi connectivity index (χ3v) is 3.54. The van der Waals surface area contributed by atoms with Crippen molar-refractivity contribution >= 4 is 11.4 Å². The van der Waals surface area contributed by atoms with Crippen LogP contribution in [0, 0.1) is 0 Å². The van der Waals surface area contributed by atoms with Crippen LogP contribution >= 0.6 is 0 Å². The molecule has 0 radical (unpaired) electrons. The van der Waals surface area contributed by atoms with Crippen molar-refractivity contribution in [1.82, 2.24) is 9.80 Å². The Morgan fingerprint density at radius 3 is 2.32 bits per heavy atom. The number of hydrogen-bond acceptors (Lipinski definition) is 4. The van der Waals surface area contributed by atoms with Crippen LogP contribution in [0.4, 0.5) is 0 Å². The van der Waals surface area contributed by atoms with Gasteiger partial charge in [0.15, 0.2) is 0 Å². The van der Waals surface area contributed by atoms with E-state index in [2.05, 4.69) is 33.3 Å². The summed E-state index contributed by atoms with van der Waals surface area (Å²) in [5.41, 5.74) is 0. The highest BCUT2D eigenvalue weighted by Crippen LogP contribution is 2.10. The minimum atomic E-state index is -2.12. The molecule has 1 unspecified atom stereocenters.